The molecule has 1 aromatic carbocycles. The van der Waals surface area contributed by atoms with Crippen LogP contribution in [0.5, 0.6) is 0 Å². The maximum Gasteiger partial charge on any atom is 0.149 e. The summed E-state index contributed by atoms with van der Waals surface area (Å²) >= 11 is 0. The highest BCUT2D eigenvalue weighted by Crippen LogP contribution is 2.19. The second kappa shape index (κ2) is 5.74. The van der Waals surface area contributed by atoms with E-state index in [4.69, 9.17) is 0 Å². The van der Waals surface area contributed by atoms with Crippen molar-refractivity contribution in [1.82, 2.24) is 15.3 Å². The van der Waals surface area contributed by atoms with Crippen LogP contribution in [-0.2, 0) is 0 Å². The quantitative estimate of drug-likeness (QED) is 0.894. The Morgan fingerprint density at radius 2 is 1.83 bits per heavy atom. The highest BCUT2D eigenvalue weighted by molar-refractivity contribution is 5.29. The highest BCUT2D eigenvalue weighted by Gasteiger charge is 2.15. The minimum atomic E-state index is 0.0653. The SMILES string of the molecule is CCNC(c1cccc(C)c1)c1ncc(C)cn1. The molecule has 0 bridgehead atoms. The van der Waals surface area contributed by atoms with Gasteiger partial charge in [-0.3, -0.25) is 0 Å². The van der Waals surface area contributed by atoms with Crippen LogP contribution in [0, 0.1) is 13.8 Å². The lowest BCUT2D eigenvalue weighted by Crippen LogP contribution is -2.24. The van der Waals surface area contributed by atoms with Gasteiger partial charge in [-0.15, -0.1) is 0 Å². The van der Waals surface area contributed by atoms with Gasteiger partial charge in [-0.1, -0.05) is 36.8 Å². The first-order valence-corrected chi connectivity index (χ1v) is 6.29. The van der Waals surface area contributed by atoms with Crippen LogP contribution in [-0.4, -0.2) is 16.5 Å². The Balaban J connectivity index is 2.36. The average Bonchev–Trinajstić information content (AvgIpc) is 2.37. The molecule has 0 saturated heterocycles. The third kappa shape index (κ3) is 2.93. The predicted octanol–water partition coefficient (Wildman–Crippen LogP) is 2.79. The number of nitrogens with one attached hydrogen (secondary N) is 1. The lowest BCUT2D eigenvalue weighted by molar-refractivity contribution is 0.596. The zero-order valence-corrected chi connectivity index (χ0v) is 11.1. The number of benzene rings is 1. The van der Waals surface area contributed by atoms with Gasteiger partial charge in [-0.2, -0.15) is 0 Å². The van der Waals surface area contributed by atoms with Gasteiger partial charge in [-0.05, 0) is 31.5 Å². The van der Waals surface area contributed by atoms with E-state index in [9.17, 15) is 0 Å². The molecule has 0 fully saturated rings. The average molecular weight is 241 g/mol. The monoisotopic (exact) mass is 241 g/mol. The number of aromatic nitrogens is 2. The summed E-state index contributed by atoms with van der Waals surface area (Å²) in [6.07, 6.45) is 3.73. The largest absolute Gasteiger partial charge is 0.304 e. The normalized spacial score (nSPS) is 12.4. The summed E-state index contributed by atoms with van der Waals surface area (Å²) in [6, 6.07) is 8.53. The molecule has 3 nitrogen and oxygen atoms in total. The van der Waals surface area contributed by atoms with Crippen molar-refractivity contribution >= 4 is 0 Å². The molecule has 0 amide bonds. The van der Waals surface area contributed by atoms with Crippen LogP contribution < -0.4 is 5.32 Å². The third-order valence-electron chi connectivity index (χ3n) is 2.84. The molecule has 1 N–H and O–H groups in total. The fourth-order valence-corrected chi connectivity index (χ4v) is 1.96. The molecule has 1 aromatic heterocycles. The molecule has 0 spiro atoms. The molecule has 0 aliphatic rings. The number of aryl methyl sites for hydroxylation is 2. The third-order valence-corrected chi connectivity index (χ3v) is 2.84. The molecule has 0 aliphatic carbocycles. The van der Waals surface area contributed by atoms with Crippen molar-refractivity contribution < 1.29 is 0 Å². The summed E-state index contributed by atoms with van der Waals surface area (Å²) in [6.45, 7) is 7.08. The molecule has 1 atom stereocenters. The van der Waals surface area contributed by atoms with Crippen molar-refractivity contribution in [1.29, 1.82) is 0 Å². The van der Waals surface area contributed by atoms with Crippen LogP contribution in [0.4, 0.5) is 0 Å². The Kier molecular flexibility index (Phi) is 4.05. The first-order chi connectivity index (χ1) is 8.70. The molecule has 18 heavy (non-hydrogen) atoms. The van der Waals surface area contributed by atoms with Crippen LogP contribution >= 0.6 is 0 Å². The van der Waals surface area contributed by atoms with E-state index < -0.39 is 0 Å². The molecule has 3 heteroatoms. The van der Waals surface area contributed by atoms with Crippen molar-refractivity contribution in [2.24, 2.45) is 0 Å². The van der Waals surface area contributed by atoms with E-state index in [-0.39, 0.29) is 6.04 Å². The van der Waals surface area contributed by atoms with Crippen LogP contribution in [0.3, 0.4) is 0 Å². The Morgan fingerprint density at radius 3 is 2.44 bits per heavy atom. The van der Waals surface area contributed by atoms with Crippen molar-refractivity contribution in [2.75, 3.05) is 6.54 Å². The maximum absolute atomic E-state index is 4.43. The molecule has 1 unspecified atom stereocenters. The number of nitrogens with zero attached hydrogens (tertiary/aromatic N) is 2. The van der Waals surface area contributed by atoms with Gasteiger partial charge in [0.15, 0.2) is 0 Å². The summed E-state index contributed by atoms with van der Waals surface area (Å²) in [7, 11) is 0. The van der Waals surface area contributed by atoms with E-state index in [0.29, 0.717) is 0 Å². The first-order valence-electron chi connectivity index (χ1n) is 6.29. The lowest BCUT2D eigenvalue weighted by Gasteiger charge is -2.17. The van der Waals surface area contributed by atoms with Crippen molar-refractivity contribution in [3.05, 3.63) is 59.2 Å². The zero-order chi connectivity index (χ0) is 13.0. The van der Waals surface area contributed by atoms with Gasteiger partial charge in [0.2, 0.25) is 0 Å². The number of hydrogen-bond acceptors (Lipinski definition) is 3. The molecule has 0 radical (unpaired) electrons. The minimum Gasteiger partial charge on any atom is -0.304 e. The second-order valence-corrected chi connectivity index (χ2v) is 4.52. The Morgan fingerprint density at radius 1 is 1.11 bits per heavy atom. The predicted molar refractivity (Wildman–Crippen MR) is 73.5 cm³/mol. The van der Waals surface area contributed by atoms with Crippen LogP contribution in [0.2, 0.25) is 0 Å². The Hall–Kier alpha value is -1.74. The highest BCUT2D eigenvalue weighted by atomic mass is 15.0. The Bertz CT molecular complexity index is 505. The van der Waals surface area contributed by atoms with Crippen molar-refractivity contribution in [3.8, 4) is 0 Å². The zero-order valence-electron chi connectivity index (χ0n) is 11.1. The van der Waals surface area contributed by atoms with Gasteiger partial charge in [0.1, 0.15) is 5.82 Å². The molecular weight excluding hydrogens is 222 g/mol. The summed E-state index contributed by atoms with van der Waals surface area (Å²) in [5, 5.41) is 3.44. The second-order valence-electron chi connectivity index (χ2n) is 4.52. The minimum absolute atomic E-state index is 0.0653. The van der Waals surface area contributed by atoms with Gasteiger partial charge >= 0.3 is 0 Å². The van der Waals surface area contributed by atoms with E-state index in [1.165, 1.54) is 11.1 Å². The smallest absolute Gasteiger partial charge is 0.149 e. The van der Waals surface area contributed by atoms with Crippen LogP contribution in [0.25, 0.3) is 0 Å². The van der Waals surface area contributed by atoms with Gasteiger partial charge < -0.3 is 5.32 Å². The van der Waals surface area contributed by atoms with E-state index in [2.05, 4.69) is 53.4 Å². The van der Waals surface area contributed by atoms with Crippen LogP contribution in [0.15, 0.2) is 36.7 Å². The molecule has 0 saturated carbocycles. The Labute approximate surface area is 108 Å². The fourth-order valence-electron chi connectivity index (χ4n) is 1.96. The molecule has 2 rings (SSSR count). The lowest BCUT2D eigenvalue weighted by atomic mass is 10.0. The van der Waals surface area contributed by atoms with Crippen molar-refractivity contribution in [3.63, 3.8) is 0 Å². The van der Waals surface area contributed by atoms with Gasteiger partial charge in [0.25, 0.3) is 0 Å². The van der Waals surface area contributed by atoms with E-state index in [1.54, 1.807) is 0 Å². The molecule has 0 aliphatic heterocycles. The number of rotatable bonds is 4. The standard InChI is InChI=1S/C15H19N3/c1-4-16-14(13-7-5-6-11(2)8-13)15-17-9-12(3)10-18-15/h5-10,14,16H,4H2,1-3H3. The van der Waals surface area contributed by atoms with Gasteiger partial charge in [0, 0.05) is 12.4 Å². The fraction of sp³-hybridized carbons (Fsp3) is 0.333. The molecule has 94 valence electrons. The summed E-state index contributed by atoms with van der Waals surface area (Å²) in [4.78, 5) is 8.86. The van der Waals surface area contributed by atoms with E-state index in [0.717, 1.165) is 17.9 Å². The summed E-state index contributed by atoms with van der Waals surface area (Å²) in [5.74, 6) is 0.827. The van der Waals surface area contributed by atoms with E-state index >= 15 is 0 Å². The molecular formula is C15H19N3. The topological polar surface area (TPSA) is 37.8 Å². The summed E-state index contributed by atoms with van der Waals surface area (Å²) in [5.41, 5.74) is 3.54. The number of hydrogen-bond donors (Lipinski definition) is 1. The van der Waals surface area contributed by atoms with Gasteiger partial charge in [0.05, 0.1) is 6.04 Å². The van der Waals surface area contributed by atoms with Crippen molar-refractivity contribution in [2.45, 2.75) is 26.8 Å². The molecule has 2 aromatic rings. The first kappa shape index (κ1) is 12.7. The van der Waals surface area contributed by atoms with Gasteiger partial charge in [-0.25, -0.2) is 9.97 Å². The maximum atomic E-state index is 4.43. The van der Waals surface area contributed by atoms with E-state index in [1.807, 2.05) is 19.3 Å². The summed E-state index contributed by atoms with van der Waals surface area (Å²) < 4.78 is 0. The molecule has 1 heterocycles. The van der Waals surface area contributed by atoms with Crippen LogP contribution in [0.1, 0.15) is 35.5 Å².